The van der Waals surface area contributed by atoms with Gasteiger partial charge >= 0.3 is 0 Å². The Bertz CT molecular complexity index is 1380. The summed E-state index contributed by atoms with van der Waals surface area (Å²) < 4.78 is 5.57. The highest BCUT2D eigenvalue weighted by atomic mass is 16.5. The molecule has 2 aromatic heterocycles. The van der Waals surface area contributed by atoms with Crippen molar-refractivity contribution in [3.05, 3.63) is 89.7 Å². The minimum absolute atomic E-state index is 0.0422. The number of rotatable bonds is 12. The summed E-state index contributed by atoms with van der Waals surface area (Å²) in [7, 11) is 1.95. The summed E-state index contributed by atoms with van der Waals surface area (Å²) >= 11 is 0. The number of nitrogens with zero attached hydrogens (tertiary/aromatic N) is 4. The van der Waals surface area contributed by atoms with Crippen LogP contribution in [0.5, 0.6) is 0 Å². The number of imidazole rings is 1. The number of carbonyl (C=O) groups is 1. The average molecular weight is 555 g/mol. The lowest BCUT2D eigenvalue weighted by Gasteiger charge is -2.45. The Kier molecular flexibility index (Phi) is 9.64. The largest absolute Gasteiger partial charge is 0.381 e. The fourth-order valence-corrected chi connectivity index (χ4v) is 6.08. The van der Waals surface area contributed by atoms with E-state index in [2.05, 4.69) is 51.4 Å². The van der Waals surface area contributed by atoms with E-state index in [1.807, 2.05) is 61.5 Å². The van der Waals surface area contributed by atoms with Gasteiger partial charge in [-0.3, -0.25) is 14.7 Å². The van der Waals surface area contributed by atoms with Gasteiger partial charge in [0, 0.05) is 56.7 Å². The molecule has 0 bridgehead atoms. The van der Waals surface area contributed by atoms with Crippen LogP contribution < -0.4 is 5.32 Å². The summed E-state index contributed by atoms with van der Waals surface area (Å²) in [4.78, 5) is 30.8. The number of hydrogen-bond acceptors (Lipinski definition) is 6. The van der Waals surface area contributed by atoms with E-state index >= 15 is 0 Å². The summed E-state index contributed by atoms with van der Waals surface area (Å²) in [6.07, 6.45) is 7.35. The normalized spacial score (nSPS) is 16.0. The van der Waals surface area contributed by atoms with E-state index in [1.54, 1.807) is 6.20 Å². The van der Waals surface area contributed by atoms with Crippen LogP contribution in [0.3, 0.4) is 0 Å². The number of ether oxygens (including phenoxy) is 1. The van der Waals surface area contributed by atoms with E-state index in [-0.39, 0.29) is 18.0 Å². The van der Waals surface area contributed by atoms with Gasteiger partial charge in [0.25, 0.3) is 5.91 Å². The number of pyridine rings is 1. The van der Waals surface area contributed by atoms with Gasteiger partial charge in [-0.2, -0.15) is 0 Å². The van der Waals surface area contributed by atoms with Crippen molar-refractivity contribution in [2.24, 2.45) is 0 Å². The molecule has 1 fully saturated rings. The molecule has 1 aliphatic heterocycles. The van der Waals surface area contributed by atoms with Crippen LogP contribution in [0.1, 0.15) is 60.5 Å². The van der Waals surface area contributed by atoms with Crippen LogP contribution in [0.2, 0.25) is 0 Å². The fourth-order valence-electron chi connectivity index (χ4n) is 6.08. The SMILES string of the molecule is CCOCCc1cccc2[nH]c(NC3CCN(C(C(CC)c4cccnc4)N(C)C(=O)c4ccccc4)CC3)nc12. The summed E-state index contributed by atoms with van der Waals surface area (Å²) in [5.41, 5.74) is 5.13. The quantitative estimate of drug-likeness (QED) is 0.218. The zero-order chi connectivity index (χ0) is 28.6. The molecule has 4 aromatic rings. The number of anilines is 1. The first-order valence-electron chi connectivity index (χ1n) is 14.9. The summed E-state index contributed by atoms with van der Waals surface area (Å²) in [6, 6.07) is 20.3. The van der Waals surface area contributed by atoms with Crippen LogP contribution in [0.25, 0.3) is 11.0 Å². The third-order valence-corrected chi connectivity index (χ3v) is 8.21. The van der Waals surface area contributed by atoms with E-state index in [4.69, 9.17) is 9.72 Å². The summed E-state index contributed by atoms with van der Waals surface area (Å²) in [5, 5.41) is 3.66. The highest BCUT2D eigenvalue weighted by Gasteiger charge is 2.36. The monoisotopic (exact) mass is 554 g/mol. The van der Waals surface area contributed by atoms with Crippen LogP contribution in [-0.2, 0) is 11.2 Å². The molecule has 216 valence electrons. The number of aromatic nitrogens is 3. The van der Waals surface area contributed by atoms with Crippen LogP contribution in [-0.4, -0.2) is 76.2 Å². The first-order valence-corrected chi connectivity index (χ1v) is 14.9. The second-order valence-corrected chi connectivity index (χ2v) is 10.8. The van der Waals surface area contributed by atoms with Crippen molar-refractivity contribution in [3.8, 4) is 0 Å². The van der Waals surface area contributed by atoms with Gasteiger partial charge in [-0.25, -0.2) is 4.98 Å². The van der Waals surface area contributed by atoms with E-state index in [0.29, 0.717) is 18.2 Å². The molecule has 2 aromatic carbocycles. The molecule has 5 rings (SSSR count). The molecule has 0 spiro atoms. The van der Waals surface area contributed by atoms with Crippen molar-refractivity contribution >= 4 is 22.9 Å². The zero-order valence-corrected chi connectivity index (χ0v) is 24.4. The van der Waals surface area contributed by atoms with Gasteiger partial charge in [-0.15, -0.1) is 0 Å². The first-order chi connectivity index (χ1) is 20.1. The number of benzene rings is 2. The van der Waals surface area contributed by atoms with Crippen LogP contribution in [0, 0.1) is 0 Å². The van der Waals surface area contributed by atoms with Gasteiger partial charge in [-0.05, 0) is 68.0 Å². The van der Waals surface area contributed by atoms with Crippen LogP contribution in [0.4, 0.5) is 5.95 Å². The number of amides is 1. The van der Waals surface area contributed by atoms with Crippen molar-refractivity contribution < 1.29 is 9.53 Å². The maximum Gasteiger partial charge on any atom is 0.254 e. The van der Waals surface area contributed by atoms with Gasteiger partial charge in [-0.1, -0.05) is 43.3 Å². The molecule has 1 amide bonds. The molecular formula is C33H42N6O2. The van der Waals surface area contributed by atoms with E-state index < -0.39 is 0 Å². The Morgan fingerprint density at radius 1 is 1.10 bits per heavy atom. The number of hydrogen-bond donors (Lipinski definition) is 2. The molecule has 1 saturated heterocycles. The molecule has 2 unspecified atom stereocenters. The van der Waals surface area contributed by atoms with E-state index in [9.17, 15) is 4.79 Å². The van der Waals surface area contributed by atoms with Gasteiger partial charge in [0.15, 0.2) is 0 Å². The van der Waals surface area contributed by atoms with Gasteiger partial charge in [0.05, 0.1) is 23.8 Å². The Morgan fingerprint density at radius 3 is 2.61 bits per heavy atom. The molecule has 8 nitrogen and oxygen atoms in total. The number of H-pyrrole nitrogens is 1. The minimum Gasteiger partial charge on any atom is -0.381 e. The van der Waals surface area contributed by atoms with Crippen molar-refractivity contribution in [1.82, 2.24) is 24.8 Å². The Hall–Kier alpha value is -3.75. The Morgan fingerprint density at radius 2 is 1.90 bits per heavy atom. The maximum absolute atomic E-state index is 13.6. The maximum atomic E-state index is 13.6. The van der Waals surface area contributed by atoms with Crippen LogP contribution in [0.15, 0.2) is 73.1 Å². The van der Waals surface area contributed by atoms with Gasteiger partial charge in [0.1, 0.15) is 0 Å². The van der Waals surface area contributed by atoms with Crippen molar-refractivity contribution in [1.29, 1.82) is 0 Å². The highest BCUT2D eigenvalue weighted by molar-refractivity contribution is 5.94. The van der Waals surface area contributed by atoms with Gasteiger partial charge < -0.3 is 19.9 Å². The van der Waals surface area contributed by atoms with Crippen LogP contribution >= 0.6 is 0 Å². The number of aromatic amines is 1. The highest BCUT2D eigenvalue weighted by Crippen LogP contribution is 2.32. The van der Waals surface area contributed by atoms with E-state index in [0.717, 1.165) is 67.9 Å². The smallest absolute Gasteiger partial charge is 0.254 e. The second-order valence-electron chi connectivity index (χ2n) is 10.8. The number of likely N-dealkylation sites (tertiary alicyclic amines) is 1. The van der Waals surface area contributed by atoms with E-state index in [1.165, 1.54) is 5.56 Å². The average Bonchev–Trinajstić information content (AvgIpc) is 3.44. The lowest BCUT2D eigenvalue weighted by Crippen LogP contribution is -2.55. The fraction of sp³-hybridized carbons (Fsp3) is 0.424. The molecule has 8 heteroatoms. The topological polar surface area (TPSA) is 86.4 Å². The molecule has 1 aliphatic rings. The standard InChI is InChI=1S/C33H42N6O2/c1-4-28(26-14-10-19-34-23-26)31(38(3)32(40)25-11-7-6-8-12-25)39-20-16-27(17-21-39)35-33-36-29-15-9-13-24(30(29)37-33)18-22-41-5-2/h6-15,19,23,27-28,31H,4-5,16-18,20-22H2,1-3H3,(H2,35,36,37). The number of likely N-dealkylation sites (N-methyl/N-ethyl adjacent to an activating group) is 1. The lowest BCUT2D eigenvalue weighted by molar-refractivity contribution is 0.0200. The minimum atomic E-state index is -0.0723. The zero-order valence-electron chi connectivity index (χ0n) is 24.4. The number of carbonyl (C=O) groups excluding carboxylic acids is 1. The number of nitrogens with one attached hydrogen (secondary N) is 2. The first kappa shape index (κ1) is 28.8. The molecule has 0 aliphatic carbocycles. The molecule has 3 heterocycles. The predicted octanol–water partition coefficient (Wildman–Crippen LogP) is 5.71. The third kappa shape index (κ3) is 6.77. The van der Waals surface area contributed by atoms with Crippen molar-refractivity contribution in [2.75, 3.05) is 38.7 Å². The summed E-state index contributed by atoms with van der Waals surface area (Å²) in [5.74, 6) is 1.01. The predicted molar refractivity (Wildman–Crippen MR) is 164 cm³/mol. The Labute approximate surface area is 243 Å². The molecule has 41 heavy (non-hydrogen) atoms. The lowest BCUT2D eigenvalue weighted by atomic mass is 9.91. The number of fused-ring (bicyclic) bond motifs is 1. The molecule has 2 N–H and O–H groups in total. The molecular weight excluding hydrogens is 512 g/mol. The number of piperidine rings is 1. The molecule has 0 saturated carbocycles. The summed E-state index contributed by atoms with van der Waals surface area (Å²) in [6.45, 7) is 7.40. The number of para-hydroxylation sites is 1. The molecule has 2 atom stereocenters. The second kappa shape index (κ2) is 13.7. The third-order valence-electron chi connectivity index (χ3n) is 8.21. The van der Waals surface area contributed by atoms with Crippen molar-refractivity contribution in [3.63, 3.8) is 0 Å². The van der Waals surface area contributed by atoms with Gasteiger partial charge in [0.2, 0.25) is 5.95 Å². The van der Waals surface area contributed by atoms with Crippen molar-refractivity contribution in [2.45, 2.75) is 57.7 Å². The molecule has 0 radical (unpaired) electrons. The Balaban J connectivity index is 1.30.